The molecule has 0 saturated heterocycles. The average Bonchev–Trinajstić information content (AvgIpc) is 3.50. The minimum absolute atomic E-state index is 0.00406. The molecule has 0 unspecified atom stereocenters. The van der Waals surface area contributed by atoms with Crippen molar-refractivity contribution in [3.05, 3.63) is 95.3 Å². The second-order valence-electron chi connectivity index (χ2n) is 7.99. The molecule has 0 radical (unpaired) electrons. The third-order valence-corrected chi connectivity index (χ3v) is 5.69. The van der Waals surface area contributed by atoms with Gasteiger partial charge in [0.15, 0.2) is 11.4 Å². The maximum Gasteiger partial charge on any atom is 0.355 e. The van der Waals surface area contributed by atoms with E-state index in [1.165, 1.54) is 12.1 Å². The lowest BCUT2D eigenvalue weighted by atomic mass is 10.1. The molecule has 2 aromatic heterocycles. The van der Waals surface area contributed by atoms with Gasteiger partial charge in [0, 0.05) is 11.1 Å². The van der Waals surface area contributed by atoms with E-state index < -0.39 is 35.3 Å². The lowest BCUT2D eigenvalue weighted by molar-refractivity contribution is 0.0505. The van der Waals surface area contributed by atoms with Crippen molar-refractivity contribution in [3.63, 3.8) is 0 Å². The Morgan fingerprint density at radius 1 is 0.632 bits per heavy atom. The summed E-state index contributed by atoms with van der Waals surface area (Å²) in [5, 5.41) is 20.6. The van der Waals surface area contributed by atoms with Gasteiger partial charge < -0.3 is 19.7 Å². The van der Waals surface area contributed by atoms with Gasteiger partial charge >= 0.3 is 23.9 Å². The van der Waals surface area contributed by atoms with E-state index in [1.54, 1.807) is 74.5 Å². The van der Waals surface area contributed by atoms with E-state index in [0.717, 1.165) is 9.35 Å². The van der Waals surface area contributed by atoms with Gasteiger partial charge in [-0.2, -0.15) is 0 Å². The van der Waals surface area contributed by atoms with Gasteiger partial charge in [0.05, 0.1) is 35.7 Å². The van der Waals surface area contributed by atoms with E-state index in [1.807, 2.05) is 0 Å². The number of rotatable bonds is 9. The Labute approximate surface area is 217 Å². The van der Waals surface area contributed by atoms with Crippen LogP contribution in [0, 0.1) is 0 Å². The monoisotopic (exact) mass is 516 g/mol. The highest BCUT2D eigenvalue weighted by Crippen LogP contribution is 2.34. The van der Waals surface area contributed by atoms with E-state index in [0.29, 0.717) is 11.1 Å². The molecule has 2 aromatic carbocycles. The van der Waals surface area contributed by atoms with Gasteiger partial charge in [0.25, 0.3) is 0 Å². The number of carbonyl (C=O) groups excluding carboxylic acids is 2. The zero-order valence-electron chi connectivity index (χ0n) is 20.6. The first-order chi connectivity index (χ1) is 18.3. The predicted molar refractivity (Wildman–Crippen MR) is 136 cm³/mol. The van der Waals surface area contributed by atoms with Gasteiger partial charge in [-0.15, -0.1) is 0 Å². The minimum Gasteiger partial charge on any atom is -0.476 e. The van der Waals surface area contributed by atoms with Crippen molar-refractivity contribution in [2.75, 3.05) is 13.2 Å². The van der Waals surface area contributed by atoms with Crippen molar-refractivity contribution in [1.29, 1.82) is 0 Å². The fourth-order valence-corrected chi connectivity index (χ4v) is 4.19. The number of carboxylic acids is 2. The number of carbonyl (C=O) groups is 4. The highest BCUT2D eigenvalue weighted by molar-refractivity contribution is 6.05. The van der Waals surface area contributed by atoms with Crippen LogP contribution in [0.5, 0.6) is 0 Å². The highest BCUT2D eigenvalue weighted by Gasteiger charge is 2.34. The second kappa shape index (κ2) is 10.9. The first-order valence-electron chi connectivity index (χ1n) is 11.7. The van der Waals surface area contributed by atoms with Gasteiger partial charge in [-0.05, 0) is 26.0 Å². The number of aromatic carboxylic acids is 2. The lowest BCUT2D eigenvalue weighted by Crippen LogP contribution is -2.25. The van der Waals surface area contributed by atoms with E-state index in [-0.39, 0.29) is 35.7 Å². The summed E-state index contributed by atoms with van der Waals surface area (Å²) in [4.78, 5) is 51.1. The number of carboxylic acid groups (broad SMARTS) is 2. The molecule has 4 rings (SSSR count). The van der Waals surface area contributed by atoms with Crippen LogP contribution in [0.3, 0.4) is 0 Å². The summed E-state index contributed by atoms with van der Waals surface area (Å²) in [5.41, 5.74) is -0.256. The maximum absolute atomic E-state index is 12.9. The molecule has 4 aromatic rings. The van der Waals surface area contributed by atoms with Crippen LogP contribution in [0.1, 0.15) is 55.5 Å². The molecule has 2 N–H and O–H groups in total. The van der Waals surface area contributed by atoms with E-state index in [2.05, 4.69) is 0 Å². The summed E-state index contributed by atoms with van der Waals surface area (Å²) < 4.78 is 12.4. The van der Waals surface area contributed by atoms with Gasteiger partial charge in [-0.25, -0.2) is 28.5 Å². The average molecular weight is 517 g/mol. The van der Waals surface area contributed by atoms with Crippen molar-refractivity contribution in [1.82, 2.24) is 9.35 Å². The predicted octanol–water partition coefficient (Wildman–Crippen LogP) is 4.68. The number of nitrogens with zero attached hydrogens (tertiary/aromatic N) is 2. The van der Waals surface area contributed by atoms with Crippen LogP contribution in [-0.4, -0.2) is 56.7 Å². The molecule has 194 valence electrons. The molecule has 0 aliphatic carbocycles. The number of ether oxygens (including phenoxy) is 2. The quantitative estimate of drug-likeness (QED) is 0.306. The zero-order valence-corrected chi connectivity index (χ0v) is 20.6. The minimum atomic E-state index is -1.50. The van der Waals surface area contributed by atoms with Crippen molar-refractivity contribution in [2.24, 2.45) is 0 Å². The molecule has 0 atom stereocenters. The van der Waals surface area contributed by atoms with E-state index in [4.69, 9.17) is 9.47 Å². The molecule has 10 heteroatoms. The lowest BCUT2D eigenvalue weighted by Gasteiger charge is -2.19. The molecule has 0 saturated carbocycles. The fraction of sp³-hybridized carbons (Fsp3) is 0.143. The van der Waals surface area contributed by atoms with E-state index in [9.17, 15) is 29.4 Å². The molecule has 0 aliphatic heterocycles. The zero-order chi connectivity index (χ0) is 27.4. The first-order valence-corrected chi connectivity index (χ1v) is 11.7. The van der Waals surface area contributed by atoms with Gasteiger partial charge in [-0.1, -0.05) is 60.7 Å². The summed E-state index contributed by atoms with van der Waals surface area (Å²) in [7, 11) is 0. The molecular formula is C28H24N2O8. The van der Waals surface area contributed by atoms with Crippen LogP contribution in [-0.2, 0) is 9.47 Å². The van der Waals surface area contributed by atoms with Crippen LogP contribution >= 0.6 is 0 Å². The number of hydrogen-bond donors (Lipinski definition) is 2. The third-order valence-electron chi connectivity index (χ3n) is 5.69. The third kappa shape index (κ3) is 4.66. The Bertz CT molecular complexity index is 1400. The number of aromatic nitrogens is 2. The molecule has 0 amide bonds. The van der Waals surface area contributed by atoms with E-state index >= 15 is 0 Å². The van der Waals surface area contributed by atoms with Crippen LogP contribution in [0.2, 0.25) is 0 Å². The highest BCUT2D eigenvalue weighted by atomic mass is 16.5. The van der Waals surface area contributed by atoms with Crippen molar-refractivity contribution < 1.29 is 38.9 Å². The standard InChI is InChI=1S/C28H24N2O8/c1-3-37-27(35)19-15-21(17-11-7-5-8-12-17)29(23(19)25(31)32)30-22(18-13-9-6-10-14-18)16-20(24(30)26(33)34)28(36)38-4-2/h5-16H,3-4H2,1-2H3,(H,31,32)(H,33,34). The Kier molecular flexibility index (Phi) is 7.43. The molecule has 38 heavy (non-hydrogen) atoms. The summed E-state index contributed by atoms with van der Waals surface area (Å²) >= 11 is 0. The smallest absolute Gasteiger partial charge is 0.355 e. The summed E-state index contributed by atoms with van der Waals surface area (Å²) in [6, 6.07) is 19.8. The van der Waals surface area contributed by atoms with Crippen molar-refractivity contribution in [3.8, 4) is 22.5 Å². The Balaban J connectivity index is 2.21. The van der Waals surface area contributed by atoms with Crippen LogP contribution in [0.4, 0.5) is 0 Å². The Morgan fingerprint density at radius 2 is 0.974 bits per heavy atom. The summed E-state index contributed by atoms with van der Waals surface area (Å²) in [6.45, 7) is 3.16. The summed E-state index contributed by atoms with van der Waals surface area (Å²) in [5.74, 6) is -4.79. The van der Waals surface area contributed by atoms with Crippen LogP contribution < -0.4 is 0 Å². The normalized spacial score (nSPS) is 10.7. The number of hydrogen-bond acceptors (Lipinski definition) is 6. The maximum atomic E-state index is 12.9. The second-order valence-corrected chi connectivity index (χ2v) is 7.99. The molecular weight excluding hydrogens is 492 g/mol. The van der Waals surface area contributed by atoms with Crippen LogP contribution in [0.25, 0.3) is 22.5 Å². The van der Waals surface area contributed by atoms with Crippen molar-refractivity contribution in [2.45, 2.75) is 13.8 Å². The largest absolute Gasteiger partial charge is 0.476 e. The molecule has 0 fully saturated rings. The Morgan fingerprint density at radius 3 is 1.26 bits per heavy atom. The topological polar surface area (TPSA) is 137 Å². The van der Waals surface area contributed by atoms with Crippen molar-refractivity contribution >= 4 is 23.9 Å². The molecule has 0 aliphatic rings. The fourth-order valence-electron chi connectivity index (χ4n) is 4.19. The molecule has 0 spiro atoms. The van der Waals surface area contributed by atoms with Gasteiger partial charge in [-0.3, -0.25) is 0 Å². The molecule has 0 bridgehead atoms. The van der Waals surface area contributed by atoms with Gasteiger partial charge in [0.2, 0.25) is 0 Å². The van der Waals surface area contributed by atoms with Crippen LogP contribution in [0.15, 0.2) is 72.8 Å². The first kappa shape index (κ1) is 26.0. The number of benzene rings is 2. The number of esters is 2. The molecule has 2 heterocycles. The summed E-state index contributed by atoms with van der Waals surface area (Å²) in [6.07, 6.45) is 0. The Hall–Kier alpha value is -5.12. The molecule has 10 nitrogen and oxygen atoms in total. The van der Waals surface area contributed by atoms with Gasteiger partial charge in [0.1, 0.15) is 0 Å². The SMILES string of the molecule is CCOC(=O)c1cc(-c2ccccc2)n(-n2c(-c3ccccc3)cc(C(=O)OCC)c2C(=O)O)c1C(=O)O.